The van der Waals surface area contributed by atoms with Crippen molar-refractivity contribution >= 4 is 5.97 Å². The molecule has 2 atom stereocenters. The van der Waals surface area contributed by atoms with Crippen molar-refractivity contribution in [3.8, 4) is 5.75 Å². The number of carbonyl (C=O) groups excluding carboxylic acids is 1. The van der Waals surface area contributed by atoms with E-state index in [0.717, 1.165) is 24.2 Å². The largest absolute Gasteiger partial charge is 0.497 e. The van der Waals surface area contributed by atoms with Crippen molar-refractivity contribution in [3.63, 3.8) is 0 Å². The fourth-order valence-electron chi connectivity index (χ4n) is 4.60. The van der Waals surface area contributed by atoms with Crippen LogP contribution in [0.2, 0.25) is 0 Å². The molecule has 1 fully saturated rings. The molecule has 0 spiro atoms. The van der Waals surface area contributed by atoms with Crippen LogP contribution in [0.25, 0.3) is 0 Å². The molecule has 166 valence electrons. The Morgan fingerprint density at radius 3 is 2.43 bits per heavy atom. The third-order valence-corrected chi connectivity index (χ3v) is 6.06. The first-order valence-corrected chi connectivity index (χ1v) is 10.9. The van der Waals surface area contributed by atoms with E-state index in [1.165, 1.54) is 0 Å². The number of methoxy groups -OCH3 is 1. The first-order chi connectivity index (χ1) is 14.6. The number of ether oxygens (including phenoxy) is 5. The van der Waals surface area contributed by atoms with E-state index in [4.69, 9.17) is 23.7 Å². The van der Waals surface area contributed by atoms with Crippen LogP contribution in [0.4, 0.5) is 0 Å². The molecular formula is C24H34O6. The molecule has 30 heavy (non-hydrogen) atoms. The first-order valence-electron chi connectivity index (χ1n) is 10.9. The second-order valence-electron chi connectivity index (χ2n) is 7.93. The van der Waals surface area contributed by atoms with Crippen molar-refractivity contribution in [1.29, 1.82) is 0 Å². The topological polar surface area (TPSA) is 63.2 Å². The van der Waals surface area contributed by atoms with Crippen molar-refractivity contribution in [2.45, 2.75) is 45.5 Å². The van der Waals surface area contributed by atoms with E-state index in [1.54, 1.807) is 7.11 Å². The Kier molecular flexibility index (Phi) is 8.31. The van der Waals surface area contributed by atoms with E-state index >= 15 is 0 Å². The van der Waals surface area contributed by atoms with Crippen LogP contribution in [0.1, 0.15) is 38.7 Å². The summed E-state index contributed by atoms with van der Waals surface area (Å²) < 4.78 is 28.9. The summed E-state index contributed by atoms with van der Waals surface area (Å²) in [6.45, 7) is 6.20. The number of esters is 1. The monoisotopic (exact) mass is 418 g/mol. The lowest BCUT2D eigenvalue weighted by Gasteiger charge is -2.41. The summed E-state index contributed by atoms with van der Waals surface area (Å²) >= 11 is 0. The summed E-state index contributed by atoms with van der Waals surface area (Å²) in [6.07, 6.45) is 6.79. The van der Waals surface area contributed by atoms with Crippen molar-refractivity contribution < 1.29 is 28.5 Å². The Morgan fingerprint density at radius 1 is 1.17 bits per heavy atom. The van der Waals surface area contributed by atoms with Gasteiger partial charge in [-0.2, -0.15) is 0 Å². The molecule has 1 aliphatic carbocycles. The molecule has 1 heterocycles. The molecule has 1 aromatic carbocycles. The number of allylic oxidation sites excluding steroid dienone is 2. The quantitative estimate of drug-likeness (QED) is 0.306. The maximum Gasteiger partial charge on any atom is 0.309 e. The lowest BCUT2D eigenvalue weighted by atomic mass is 9.74. The molecule has 3 rings (SSSR count). The van der Waals surface area contributed by atoms with E-state index in [-0.39, 0.29) is 17.8 Å². The molecule has 0 aromatic heterocycles. The van der Waals surface area contributed by atoms with Gasteiger partial charge in [-0.25, -0.2) is 0 Å². The number of carbonyl (C=O) groups is 1. The number of hydrogen-bond acceptors (Lipinski definition) is 6. The van der Waals surface area contributed by atoms with Crippen molar-refractivity contribution in [1.82, 2.24) is 0 Å². The Morgan fingerprint density at radius 2 is 1.83 bits per heavy atom. The molecule has 0 N–H and O–H groups in total. The number of rotatable bonds is 11. The summed E-state index contributed by atoms with van der Waals surface area (Å²) in [6, 6.07) is 7.83. The third kappa shape index (κ3) is 5.42. The van der Waals surface area contributed by atoms with Gasteiger partial charge < -0.3 is 23.7 Å². The highest BCUT2D eigenvalue weighted by molar-refractivity contribution is 5.72. The third-order valence-electron chi connectivity index (χ3n) is 6.06. The van der Waals surface area contributed by atoms with Gasteiger partial charge in [-0.15, -0.1) is 0 Å². The minimum atomic E-state index is -0.817. The molecule has 1 aromatic rings. The van der Waals surface area contributed by atoms with Gasteiger partial charge in [0.2, 0.25) is 0 Å². The predicted octanol–water partition coefficient (Wildman–Crippen LogP) is 4.13. The fraction of sp³-hybridized carbons (Fsp3) is 0.625. The molecule has 0 radical (unpaired) electrons. The molecule has 2 aliphatic rings. The Labute approximate surface area is 179 Å². The normalized spacial score (nSPS) is 20.2. The summed E-state index contributed by atoms with van der Waals surface area (Å²) in [5.41, 5.74) is 1.08. The van der Waals surface area contributed by atoms with E-state index in [0.29, 0.717) is 45.4 Å². The van der Waals surface area contributed by atoms with Crippen LogP contribution in [0.5, 0.6) is 5.75 Å². The fourth-order valence-corrected chi connectivity index (χ4v) is 4.60. The second-order valence-corrected chi connectivity index (χ2v) is 7.93. The number of hydrogen-bond donors (Lipinski definition) is 0. The zero-order chi connectivity index (χ0) is 21.4. The minimum Gasteiger partial charge on any atom is -0.497 e. The summed E-state index contributed by atoms with van der Waals surface area (Å²) in [4.78, 5) is 12.6. The van der Waals surface area contributed by atoms with Gasteiger partial charge in [0.05, 0.1) is 46.1 Å². The Hall–Kier alpha value is -1.89. The van der Waals surface area contributed by atoms with E-state index in [2.05, 4.69) is 12.2 Å². The maximum absolute atomic E-state index is 12.6. The van der Waals surface area contributed by atoms with Gasteiger partial charge in [0, 0.05) is 12.3 Å². The summed E-state index contributed by atoms with van der Waals surface area (Å²) in [7, 11) is 1.65. The van der Waals surface area contributed by atoms with Crippen LogP contribution in [-0.4, -0.2) is 45.3 Å². The zero-order valence-electron chi connectivity index (χ0n) is 18.3. The van der Waals surface area contributed by atoms with Crippen LogP contribution in [0.3, 0.4) is 0 Å². The maximum atomic E-state index is 12.6. The first kappa shape index (κ1) is 22.8. The van der Waals surface area contributed by atoms with Gasteiger partial charge >= 0.3 is 5.97 Å². The predicted molar refractivity (Wildman–Crippen MR) is 113 cm³/mol. The van der Waals surface area contributed by atoms with Gasteiger partial charge in [0.25, 0.3) is 0 Å². The molecule has 1 aliphatic heterocycles. The van der Waals surface area contributed by atoms with Crippen LogP contribution < -0.4 is 4.74 Å². The molecule has 6 heteroatoms. The lowest BCUT2D eigenvalue weighted by Crippen LogP contribution is -2.49. The molecular weight excluding hydrogens is 384 g/mol. The van der Waals surface area contributed by atoms with E-state index < -0.39 is 5.79 Å². The molecule has 2 unspecified atom stereocenters. The van der Waals surface area contributed by atoms with Gasteiger partial charge in [0.15, 0.2) is 5.79 Å². The van der Waals surface area contributed by atoms with Crippen molar-refractivity contribution in [2.75, 3.05) is 33.5 Å². The highest BCUT2D eigenvalue weighted by Crippen LogP contribution is 2.45. The highest BCUT2D eigenvalue weighted by atomic mass is 16.7. The molecule has 0 amide bonds. The number of benzene rings is 1. The van der Waals surface area contributed by atoms with Gasteiger partial charge in [-0.3, -0.25) is 4.79 Å². The SMILES string of the molecule is CCOC(=O)C(C)C(C1CC=CC1)C1(CCOCc2ccc(OC)cc2)OCCO1. The molecule has 0 saturated carbocycles. The van der Waals surface area contributed by atoms with Gasteiger partial charge in [-0.1, -0.05) is 31.2 Å². The molecule has 0 bridgehead atoms. The van der Waals surface area contributed by atoms with Gasteiger partial charge in [0.1, 0.15) is 5.75 Å². The lowest BCUT2D eigenvalue weighted by molar-refractivity contribution is -0.231. The van der Waals surface area contributed by atoms with Crippen molar-refractivity contribution in [2.24, 2.45) is 17.8 Å². The summed E-state index contributed by atoms with van der Waals surface area (Å²) in [5, 5.41) is 0. The smallest absolute Gasteiger partial charge is 0.309 e. The van der Waals surface area contributed by atoms with Crippen LogP contribution in [0, 0.1) is 17.8 Å². The Balaban J connectivity index is 1.65. The van der Waals surface area contributed by atoms with Crippen LogP contribution in [0.15, 0.2) is 36.4 Å². The summed E-state index contributed by atoms with van der Waals surface area (Å²) in [5.74, 6) is -0.279. The molecule has 6 nitrogen and oxygen atoms in total. The zero-order valence-corrected chi connectivity index (χ0v) is 18.3. The van der Waals surface area contributed by atoms with Crippen LogP contribution >= 0.6 is 0 Å². The second kappa shape index (κ2) is 10.9. The van der Waals surface area contributed by atoms with Crippen molar-refractivity contribution in [3.05, 3.63) is 42.0 Å². The average molecular weight is 419 g/mol. The average Bonchev–Trinajstić information content (AvgIpc) is 3.45. The van der Waals surface area contributed by atoms with Gasteiger partial charge in [-0.05, 0) is 43.4 Å². The highest BCUT2D eigenvalue weighted by Gasteiger charge is 2.51. The Bertz CT molecular complexity index is 684. The van der Waals surface area contributed by atoms with Crippen LogP contribution in [-0.2, 0) is 30.3 Å². The van der Waals surface area contributed by atoms with E-state index in [1.807, 2.05) is 38.1 Å². The molecule has 1 saturated heterocycles. The minimum absolute atomic E-state index is 0.0846. The standard InChI is InChI=1S/C24H34O6/c1-4-28-23(25)18(2)22(20-7-5-6-8-20)24(29-15-16-30-24)13-14-27-17-19-9-11-21(26-3)12-10-19/h5-6,9-12,18,20,22H,4,7-8,13-17H2,1-3H3. The van der Waals surface area contributed by atoms with E-state index in [9.17, 15) is 4.79 Å².